The lowest BCUT2D eigenvalue weighted by Gasteiger charge is -2.08. The number of hydrogen-bond donors (Lipinski definition) is 3. The molecule has 1 aromatic heterocycles. The van der Waals surface area contributed by atoms with Crippen LogP contribution in [0.5, 0.6) is 0 Å². The predicted octanol–water partition coefficient (Wildman–Crippen LogP) is 0.735. The Labute approximate surface area is 157 Å². The zero-order valence-electron chi connectivity index (χ0n) is 15.0. The van der Waals surface area contributed by atoms with Gasteiger partial charge in [-0.2, -0.15) is 0 Å². The minimum Gasteiger partial charge on any atom is -0.384 e. The van der Waals surface area contributed by atoms with E-state index < -0.39 is 9.84 Å². The molecule has 0 bridgehead atoms. The van der Waals surface area contributed by atoms with Crippen LogP contribution in [0, 0.1) is 0 Å². The van der Waals surface area contributed by atoms with Crippen molar-refractivity contribution in [2.24, 2.45) is 0 Å². The number of nitrogens with two attached hydrogens (primary N) is 1. The molecule has 1 heterocycles. The van der Waals surface area contributed by atoms with Gasteiger partial charge in [0.25, 0.3) is 0 Å². The SMILES string of the molecule is CC(=O)NCCC(=O)Nc1ccc(-c2nc(N)cc(CS(C)(=O)=O)n2)cc1. The van der Waals surface area contributed by atoms with Gasteiger partial charge in [-0.15, -0.1) is 0 Å². The molecule has 27 heavy (non-hydrogen) atoms. The average molecular weight is 391 g/mol. The van der Waals surface area contributed by atoms with Crippen LogP contribution in [-0.2, 0) is 25.2 Å². The van der Waals surface area contributed by atoms with Crippen LogP contribution in [0.25, 0.3) is 11.4 Å². The maximum atomic E-state index is 11.8. The van der Waals surface area contributed by atoms with E-state index in [-0.39, 0.29) is 36.4 Å². The van der Waals surface area contributed by atoms with Crippen molar-refractivity contribution in [1.82, 2.24) is 15.3 Å². The van der Waals surface area contributed by atoms with Crippen molar-refractivity contribution in [3.63, 3.8) is 0 Å². The second kappa shape index (κ2) is 8.58. The van der Waals surface area contributed by atoms with Gasteiger partial charge in [-0.1, -0.05) is 0 Å². The van der Waals surface area contributed by atoms with E-state index in [1.807, 2.05) is 0 Å². The monoisotopic (exact) mass is 391 g/mol. The molecule has 144 valence electrons. The summed E-state index contributed by atoms with van der Waals surface area (Å²) in [6.07, 6.45) is 1.28. The first kappa shape index (κ1) is 20.3. The Morgan fingerprint density at radius 1 is 1.15 bits per heavy atom. The quantitative estimate of drug-likeness (QED) is 0.631. The highest BCUT2D eigenvalue weighted by molar-refractivity contribution is 7.89. The molecule has 2 amide bonds. The number of nitrogens with zero attached hydrogens (tertiary/aromatic N) is 2. The number of amides is 2. The highest BCUT2D eigenvalue weighted by Crippen LogP contribution is 2.20. The molecule has 0 unspecified atom stereocenters. The molecule has 2 rings (SSSR count). The van der Waals surface area contributed by atoms with Gasteiger partial charge in [-0.25, -0.2) is 18.4 Å². The minimum atomic E-state index is -3.25. The maximum Gasteiger partial charge on any atom is 0.226 e. The van der Waals surface area contributed by atoms with E-state index in [0.29, 0.717) is 22.8 Å². The number of carbonyl (C=O) groups is 2. The maximum absolute atomic E-state index is 11.8. The molecule has 9 nitrogen and oxygen atoms in total. The lowest BCUT2D eigenvalue weighted by atomic mass is 10.2. The lowest BCUT2D eigenvalue weighted by molar-refractivity contribution is -0.119. The molecule has 0 saturated carbocycles. The Kier molecular flexibility index (Phi) is 6.45. The molecule has 0 saturated heterocycles. The van der Waals surface area contributed by atoms with Crippen LogP contribution in [-0.4, -0.2) is 43.0 Å². The summed E-state index contributed by atoms with van der Waals surface area (Å²) in [6.45, 7) is 1.65. The van der Waals surface area contributed by atoms with Gasteiger partial charge in [0.15, 0.2) is 15.7 Å². The normalized spacial score (nSPS) is 11.0. The number of carbonyl (C=O) groups excluding carboxylic acids is 2. The molecular formula is C17H21N5O4S. The molecule has 10 heteroatoms. The van der Waals surface area contributed by atoms with Gasteiger partial charge < -0.3 is 16.4 Å². The Morgan fingerprint density at radius 3 is 2.41 bits per heavy atom. The van der Waals surface area contributed by atoms with E-state index in [1.54, 1.807) is 24.3 Å². The van der Waals surface area contributed by atoms with E-state index in [4.69, 9.17) is 5.73 Å². The number of sulfone groups is 1. The van der Waals surface area contributed by atoms with Crippen LogP contribution in [0.2, 0.25) is 0 Å². The number of benzene rings is 1. The summed E-state index contributed by atoms with van der Waals surface area (Å²) in [5.41, 5.74) is 7.27. The fourth-order valence-corrected chi connectivity index (χ4v) is 2.95. The average Bonchev–Trinajstić information content (AvgIpc) is 2.53. The number of anilines is 2. The topological polar surface area (TPSA) is 144 Å². The molecule has 1 aromatic carbocycles. The second-order valence-corrected chi connectivity index (χ2v) is 8.18. The molecule has 0 aliphatic heterocycles. The van der Waals surface area contributed by atoms with E-state index in [9.17, 15) is 18.0 Å². The van der Waals surface area contributed by atoms with Gasteiger partial charge in [0.2, 0.25) is 11.8 Å². The van der Waals surface area contributed by atoms with Crippen molar-refractivity contribution >= 4 is 33.2 Å². The largest absolute Gasteiger partial charge is 0.384 e. The fraction of sp³-hybridized carbons (Fsp3) is 0.294. The standard InChI is InChI=1S/C17H21N5O4S/c1-11(23)19-8-7-16(24)20-13-5-3-12(4-6-13)17-21-14(9-15(18)22-17)10-27(2,25)26/h3-6,9H,7-8,10H2,1-2H3,(H,19,23)(H,20,24)(H2,18,21,22). The molecule has 0 aliphatic carbocycles. The van der Waals surface area contributed by atoms with Crippen molar-refractivity contribution in [2.75, 3.05) is 23.9 Å². The Morgan fingerprint density at radius 2 is 1.81 bits per heavy atom. The highest BCUT2D eigenvalue weighted by Gasteiger charge is 2.11. The zero-order chi connectivity index (χ0) is 20.0. The van der Waals surface area contributed by atoms with Gasteiger partial charge in [0.05, 0.1) is 11.4 Å². The van der Waals surface area contributed by atoms with Crippen LogP contribution in [0.1, 0.15) is 19.0 Å². The van der Waals surface area contributed by atoms with Crippen LogP contribution >= 0.6 is 0 Å². The highest BCUT2D eigenvalue weighted by atomic mass is 32.2. The summed E-state index contributed by atoms with van der Waals surface area (Å²) < 4.78 is 22.9. The first-order valence-electron chi connectivity index (χ1n) is 8.08. The molecular weight excluding hydrogens is 370 g/mol. The minimum absolute atomic E-state index is 0.161. The number of hydrogen-bond acceptors (Lipinski definition) is 7. The number of rotatable bonds is 7. The smallest absolute Gasteiger partial charge is 0.226 e. The number of aromatic nitrogens is 2. The number of nitrogens with one attached hydrogen (secondary N) is 2. The second-order valence-electron chi connectivity index (χ2n) is 6.04. The molecule has 0 radical (unpaired) electrons. The van der Waals surface area contributed by atoms with E-state index in [0.717, 1.165) is 6.26 Å². The van der Waals surface area contributed by atoms with Crippen LogP contribution in [0.15, 0.2) is 30.3 Å². The van der Waals surface area contributed by atoms with Gasteiger partial charge >= 0.3 is 0 Å². The van der Waals surface area contributed by atoms with Crippen LogP contribution in [0.4, 0.5) is 11.5 Å². The molecule has 0 atom stereocenters. The Hall–Kier alpha value is -3.01. The third-order valence-corrected chi connectivity index (χ3v) is 4.18. The van der Waals surface area contributed by atoms with Gasteiger partial charge in [-0.05, 0) is 24.3 Å². The first-order chi connectivity index (χ1) is 12.6. The van der Waals surface area contributed by atoms with Crippen molar-refractivity contribution in [3.8, 4) is 11.4 Å². The first-order valence-corrected chi connectivity index (χ1v) is 10.1. The van der Waals surface area contributed by atoms with Gasteiger partial charge in [-0.3, -0.25) is 9.59 Å². The summed E-state index contributed by atoms with van der Waals surface area (Å²) in [7, 11) is -3.25. The summed E-state index contributed by atoms with van der Waals surface area (Å²) in [6, 6.07) is 8.17. The van der Waals surface area contributed by atoms with E-state index >= 15 is 0 Å². The molecule has 0 spiro atoms. The fourth-order valence-electron chi connectivity index (χ4n) is 2.27. The van der Waals surface area contributed by atoms with Gasteiger partial charge in [0, 0.05) is 43.5 Å². The molecule has 2 aromatic rings. The number of nitrogen functional groups attached to an aromatic ring is 1. The predicted molar refractivity (Wildman–Crippen MR) is 102 cm³/mol. The molecule has 0 fully saturated rings. The summed E-state index contributed by atoms with van der Waals surface area (Å²) in [4.78, 5) is 31.0. The summed E-state index contributed by atoms with van der Waals surface area (Å²) in [5.74, 6) is -0.169. The lowest BCUT2D eigenvalue weighted by Crippen LogP contribution is -2.25. The zero-order valence-corrected chi connectivity index (χ0v) is 15.8. The van der Waals surface area contributed by atoms with E-state index in [1.165, 1.54) is 13.0 Å². The third-order valence-electron chi connectivity index (χ3n) is 3.36. The van der Waals surface area contributed by atoms with Crippen molar-refractivity contribution in [1.29, 1.82) is 0 Å². The summed E-state index contributed by atoms with van der Waals surface area (Å²) >= 11 is 0. The molecule has 0 aliphatic rings. The summed E-state index contributed by atoms with van der Waals surface area (Å²) in [5, 5.41) is 5.26. The Balaban J connectivity index is 2.08. The third kappa shape index (κ3) is 7.02. The van der Waals surface area contributed by atoms with E-state index in [2.05, 4.69) is 20.6 Å². The van der Waals surface area contributed by atoms with Crippen molar-refractivity contribution < 1.29 is 18.0 Å². The Bertz CT molecular complexity index is 942. The van der Waals surface area contributed by atoms with Crippen molar-refractivity contribution in [3.05, 3.63) is 36.0 Å². The van der Waals surface area contributed by atoms with Crippen LogP contribution < -0.4 is 16.4 Å². The van der Waals surface area contributed by atoms with Gasteiger partial charge in [0.1, 0.15) is 5.82 Å². The van der Waals surface area contributed by atoms with Crippen LogP contribution in [0.3, 0.4) is 0 Å². The van der Waals surface area contributed by atoms with Crippen molar-refractivity contribution in [2.45, 2.75) is 19.1 Å². The molecule has 4 N–H and O–H groups in total.